The molecule has 1 rings (SSSR count). The standard InChI is InChI=1S/C10H15N3O/c1-7(2)10(14)11-5-9-6-13(4)8(3)12-9/h6H,1,5H2,2-4H3,(H,11,14). The molecular formula is C10H15N3O. The minimum absolute atomic E-state index is 0.131. The van der Waals surface area contributed by atoms with Gasteiger partial charge >= 0.3 is 0 Å². The van der Waals surface area contributed by atoms with E-state index in [1.807, 2.05) is 24.7 Å². The highest BCUT2D eigenvalue weighted by molar-refractivity contribution is 5.91. The van der Waals surface area contributed by atoms with E-state index in [1.54, 1.807) is 6.92 Å². The molecule has 0 radical (unpaired) electrons. The fourth-order valence-electron chi connectivity index (χ4n) is 1.04. The topological polar surface area (TPSA) is 46.9 Å². The Morgan fingerprint density at radius 3 is 2.79 bits per heavy atom. The van der Waals surface area contributed by atoms with E-state index in [2.05, 4.69) is 16.9 Å². The Bertz CT molecular complexity index is 346. The molecule has 0 saturated carbocycles. The summed E-state index contributed by atoms with van der Waals surface area (Å²) >= 11 is 0. The molecule has 0 saturated heterocycles. The molecular weight excluding hydrogens is 178 g/mol. The third-order valence-electron chi connectivity index (χ3n) is 1.98. The third kappa shape index (κ3) is 2.45. The molecule has 4 heteroatoms. The van der Waals surface area contributed by atoms with Gasteiger partial charge in [0.25, 0.3) is 0 Å². The van der Waals surface area contributed by atoms with Crippen LogP contribution in [0.1, 0.15) is 18.4 Å². The zero-order valence-corrected chi connectivity index (χ0v) is 8.79. The zero-order chi connectivity index (χ0) is 10.7. The van der Waals surface area contributed by atoms with Crippen LogP contribution < -0.4 is 5.32 Å². The molecule has 1 amide bonds. The monoisotopic (exact) mass is 193 g/mol. The van der Waals surface area contributed by atoms with Crippen molar-refractivity contribution in [2.24, 2.45) is 7.05 Å². The number of carbonyl (C=O) groups is 1. The molecule has 1 aromatic rings. The number of nitrogens with one attached hydrogen (secondary N) is 1. The van der Waals surface area contributed by atoms with E-state index in [9.17, 15) is 4.79 Å². The summed E-state index contributed by atoms with van der Waals surface area (Å²) in [7, 11) is 1.92. The molecule has 0 atom stereocenters. The summed E-state index contributed by atoms with van der Waals surface area (Å²) in [5.41, 5.74) is 1.37. The second kappa shape index (κ2) is 4.09. The Balaban J connectivity index is 2.54. The summed E-state index contributed by atoms with van der Waals surface area (Å²) in [5.74, 6) is 0.804. The van der Waals surface area contributed by atoms with Crippen molar-refractivity contribution in [1.82, 2.24) is 14.9 Å². The van der Waals surface area contributed by atoms with Gasteiger partial charge in [-0.2, -0.15) is 0 Å². The van der Waals surface area contributed by atoms with E-state index in [0.717, 1.165) is 11.5 Å². The Morgan fingerprint density at radius 2 is 2.36 bits per heavy atom. The van der Waals surface area contributed by atoms with Gasteiger partial charge in [0.05, 0.1) is 12.2 Å². The second-order valence-electron chi connectivity index (χ2n) is 3.35. The van der Waals surface area contributed by atoms with Crippen molar-refractivity contribution in [2.45, 2.75) is 20.4 Å². The van der Waals surface area contributed by atoms with Crippen LogP contribution in [0.25, 0.3) is 0 Å². The van der Waals surface area contributed by atoms with Gasteiger partial charge in [0.15, 0.2) is 0 Å². The Kier molecular flexibility index (Phi) is 3.06. The summed E-state index contributed by atoms with van der Waals surface area (Å²) in [4.78, 5) is 15.4. The maximum absolute atomic E-state index is 11.2. The van der Waals surface area contributed by atoms with Gasteiger partial charge in [-0.1, -0.05) is 6.58 Å². The summed E-state index contributed by atoms with van der Waals surface area (Å²) in [6.07, 6.45) is 1.90. The van der Waals surface area contributed by atoms with Crippen LogP contribution in [0.3, 0.4) is 0 Å². The second-order valence-corrected chi connectivity index (χ2v) is 3.35. The average molecular weight is 193 g/mol. The Labute approximate surface area is 83.6 Å². The van der Waals surface area contributed by atoms with E-state index in [0.29, 0.717) is 12.1 Å². The highest BCUT2D eigenvalue weighted by Crippen LogP contribution is 1.99. The van der Waals surface area contributed by atoms with E-state index >= 15 is 0 Å². The van der Waals surface area contributed by atoms with Crippen LogP contribution in [0.4, 0.5) is 0 Å². The number of hydrogen-bond acceptors (Lipinski definition) is 2. The van der Waals surface area contributed by atoms with Gasteiger partial charge in [-0.3, -0.25) is 4.79 Å². The first-order valence-corrected chi connectivity index (χ1v) is 4.43. The van der Waals surface area contributed by atoms with Crippen molar-refractivity contribution >= 4 is 5.91 Å². The molecule has 14 heavy (non-hydrogen) atoms. The fraction of sp³-hybridized carbons (Fsp3) is 0.400. The molecule has 0 spiro atoms. The van der Waals surface area contributed by atoms with E-state index in [1.165, 1.54) is 0 Å². The van der Waals surface area contributed by atoms with E-state index in [-0.39, 0.29) is 5.91 Å². The minimum atomic E-state index is -0.131. The largest absolute Gasteiger partial charge is 0.347 e. The van der Waals surface area contributed by atoms with Crippen molar-refractivity contribution < 1.29 is 4.79 Å². The summed E-state index contributed by atoms with van der Waals surface area (Å²) in [6, 6.07) is 0. The lowest BCUT2D eigenvalue weighted by Gasteiger charge is -2.00. The average Bonchev–Trinajstić information content (AvgIpc) is 2.42. The number of nitrogens with zero attached hydrogens (tertiary/aromatic N) is 2. The van der Waals surface area contributed by atoms with Crippen LogP contribution in [0.15, 0.2) is 18.3 Å². The summed E-state index contributed by atoms with van der Waals surface area (Å²) < 4.78 is 1.92. The number of amides is 1. The van der Waals surface area contributed by atoms with Crippen molar-refractivity contribution in [3.8, 4) is 0 Å². The number of aromatic nitrogens is 2. The summed E-state index contributed by atoms with van der Waals surface area (Å²) in [5, 5.41) is 2.72. The van der Waals surface area contributed by atoms with Gasteiger partial charge in [-0.25, -0.2) is 4.98 Å². The van der Waals surface area contributed by atoms with E-state index < -0.39 is 0 Å². The van der Waals surface area contributed by atoms with Crippen LogP contribution in [0.5, 0.6) is 0 Å². The highest BCUT2D eigenvalue weighted by atomic mass is 16.1. The van der Waals surface area contributed by atoms with Gasteiger partial charge in [-0.05, 0) is 13.8 Å². The minimum Gasteiger partial charge on any atom is -0.347 e. The first-order chi connectivity index (χ1) is 6.50. The molecule has 0 aliphatic heterocycles. The normalized spacial score (nSPS) is 9.93. The van der Waals surface area contributed by atoms with Gasteiger partial charge in [0, 0.05) is 18.8 Å². The predicted molar refractivity (Wildman–Crippen MR) is 54.6 cm³/mol. The lowest BCUT2D eigenvalue weighted by atomic mass is 10.3. The molecule has 0 bridgehead atoms. The lowest BCUT2D eigenvalue weighted by molar-refractivity contribution is -0.117. The molecule has 0 aromatic carbocycles. The summed E-state index contributed by atoms with van der Waals surface area (Å²) in [6.45, 7) is 7.60. The van der Waals surface area contributed by atoms with Gasteiger partial charge < -0.3 is 9.88 Å². The number of imidazole rings is 1. The maximum Gasteiger partial charge on any atom is 0.246 e. The zero-order valence-electron chi connectivity index (χ0n) is 8.79. The molecule has 1 aromatic heterocycles. The number of rotatable bonds is 3. The maximum atomic E-state index is 11.2. The quantitative estimate of drug-likeness (QED) is 0.726. The molecule has 1 heterocycles. The van der Waals surface area contributed by atoms with Crippen LogP contribution in [-0.2, 0) is 18.4 Å². The Hall–Kier alpha value is -1.58. The molecule has 0 unspecified atom stereocenters. The molecule has 0 fully saturated rings. The SMILES string of the molecule is C=C(C)C(=O)NCc1cn(C)c(C)n1. The number of hydrogen-bond donors (Lipinski definition) is 1. The van der Waals surface area contributed by atoms with Gasteiger partial charge in [0.2, 0.25) is 5.91 Å². The number of aryl methyl sites for hydroxylation is 2. The lowest BCUT2D eigenvalue weighted by Crippen LogP contribution is -2.23. The van der Waals surface area contributed by atoms with Gasteiger partial charge in [-0.15, -0.1) is 0 Å². The smallest absolute Gasteiger partial charge is 0.246 e. The molecule has 1 N–H and O–H groups in total. The van der Waals surface area contributed by atoms with Crippen LogP contribution in [-0.4, -0.2) is 15.5 Å². The highest BCUT2D eigenvalue weighted by Gasteiger charge is 2.04. The van der Waals surface area contributed by atoms with Crippen molar-refractivity contribution in [2.75, 3.05) is 0 Å². The van der Waals surface area contributed by atoms with Crippen molar-refractivity contribution in [3.63, 3.8) is 0 Å². The Morgan fingerprint density at radius 1 is 1.71 bits per heavy atom. The van der Waals surface area contributed by atoms with Crippen molar-refractivity contribution in [1.29, 1.82) is 0 Å². The van der Waals surface area contributed by atoms with Crippen LogP contribution in [0.2, 0.25) is 0 Å². The predicted octanol–water partition coefficient (Wildman–Crippen LogP) is 0.921. The van der Waals surface area contributed by atoms with Crippen molar-refractivity contribution in [3.05, 3.63) is 29.9 Å². The molecule has 0 aliphatic rings. The van der Waals surface area contributed by atoms with Crippen LogP contribution in [0, 0.1) is 6.92 Å². The van der Waals surface area contributed by atoms with Crippen LogP contribution >= 0.6 is 0 Å². The first kappa shape index (κ1) is 10.5. The fourth-order valence-corrected chi connectivity index (χ4v) is 1.04. The third-order valence-corrected chi connectivity index (χ3v) is 1.98. The molecule has 4 nitrogen and oxygen atoms in total. The van der Waals surface area contributed by atoms with E-state index in [4.69, 9.17) is 0 Å². The number of carbonyl (C=O) groups excluding carboxylic acids is 1. The first-order valence-electron chi connectivity index (χ1n) is 4.43. The van der Waals surface area contributed by atoms with Gasteiger partial charge in [0.1, 0.15) is 5.82 Å². The molecule has 76 valence electrons. The molecule has 0 aliphatic carbocycles.